The number of methoxy groups -OCH3 is 1. The summed E-state index contributed by atoms with van der Waals surface area (Å²) >= 11 is 0. The molecule has 0 radical (unpaired) electrons. The number of hydrogen-bond acceptors (Lipinski definition) is 5. The molecule has 1 fully saturated rings. The lowest BCUT2D eigenvalue weighted by atomic mass is 9.89. The summed E-state index contributed by atoms with van der Waals surface area (Å²) in [5.41, 5.74) is -0.0458. The molecular formula is C15H23N3O3. The Morgan fingerprint density at radius 3 is 3.10 bits per heavy atom. The van der Waals surface area contributed by atoms with E-state index in [1.807, 2.05) is 18.2 Å². The first kappa shape index (κ1) is 15.7. The van der Waals surface area contributed by atoms with Crippen LogP contribution in [0.4, 0.5) is 0 Å². The minimum atomic E-state index is -0.947. The third-order valence-electron chi connectivity index (χ3n) is 3.78. The van der Waals surface area contributed by atoms with E-state index < -0.39 is 5.60 Å². The number of carbonyl (C=O) groups is 1. The van der Waals surface area contributed by atoms with Gasteiger partial charge in [0, 0.05) is 26.2 Å². The second kappa shape index (κ2) is 6.87. The van der Waals surface area contributed by atoms with Gasteiger partial charge in [-0.25, -0.2) is 4.98 Å². The van der Waals surface area contributed by atoms with E-state index in [4.69, 9.17) is 4.74 Å². The number of β-amino-alcohol motifs (C(OH)–C–C–N with tert-alkyl or cyclic N) is 1. The molecule has 1 aliphatic rings. The number of pyridine rings is 1. The summed E-state index contributed by atoms with van der Waals surface area (Å²) in [6.45, 7) is 2.03. The molecule has 1 amide bonds. The minimum absolute atomic E-state index is 0.126. The number of rotatable bonds is 5. The first-order chi connectivity index (χ1) is 10.0. The monoisotopic (exact) mass is 293 g/mol. The number of ether oxygens (including phenoxy) is 1. The van der Waals surface area contributed by atoms with Gasteiger partial charge in [0.15, 0.2) is 0 Å². The van der Waals surface area contributed by atoms with Crippen molar-refractivity contribution < 1.29 is 14.6 Å². The fourth-order valence-electron chi connectivity index (χ4n) is 2.76. The number of nitrogens with zero attached hydrogens (tertiary/aromatic N) is 2. The predicted molar refractivity (Wildman–Crippen MR) is 78.9 cm³/mol. The highest BCUT2D eigenvalue weighted by atomic mass is 16.5. The summed E-state index contributed by atoms with van der Waals surface area (Å²) in [5, 5.41) is 13.1. The molecule has 0 bridgehead atoms. The molecule has 2 N–H and O–H groups in total. The van der Waals surface area contributed by atoms with Crippen molar-refractivity contribution in [3.8, 4) is 5.88 Å². The van der Waals surface area contributed by atoms with Crippen LogP contribution in [-0.4, -0.2) is 53.7 Å². The predicted octanol–water partition coefficient (Wildman–Crippen LogP) is 0.553. The number of aromatic nitrogens is 1. The maximum atomic E-state index is 11.5. The highest BCUT2D eigenvalue weighted by Gasteiger charge is 2.35. The number of likely N-dealkylation sites (tertiary alicyclic amines) is 1. The van der Waals surface area contributed by atoms with E-state index in [-0.39, 0.29) is 12.3 Å². The Kier molecular flexibility index (Phi) is 5.14. The van der Waals surface area contributed by atoms with Gasteiger partial charge in [-0.3, -0.25) is 9.69 Å². The van der Waals surface area contributed by atoms with E-state index in [0.717, 1.165) is 18.7 Å². The number of aliphatic hydroxyl groups is 1. The molecule has 2 heterocycles. The van der Waals surface area contributed by atoms with Crippen molar-refractivity contribution in [1.29, 1.82) is 0 Å². The molecule has 1 saturated heterocycles. The van der Waals surface area contributed by atoms with Crippen LogP contribution in [0.1, 0.15) is 25.0 Å². The Balaban J connectivity index is 1.98. The molecule has 6 nitrogen and oxygen atoms in total. The highest BCUT2D eigenvalue weighted by molar-refractivity contribution is 5.76. The first-order valence-corrected chi connectivity index (χ1v) is 7.20. The highest BCUT2D eigenvalue weighted by Crippen LogP contribution is 2.25. The lowest BCUT2D eigenvalue weighted by Crippen LogP contribution is -2.49. The molecule has 1 aromatic rings. The molecule has 6 heteroatoms. The van der Waals surface area contributed by atoms with E-state index in [2.05, 4.69) is 15.2 Å². The van der Waals surface area contributed by atoms with Crippen molar-refractivity contribution in [3.63, 3.8) is 0 Å². The molecule has 1 atom stereocenters. The third-order valence-corrected chi connectivity index (χ3v) is 3.78. The van der Waals surface area contributed by atoms with Crippen LogP contribution in [0.5, 0.6) is 5.88 Å². The van der Waals surface area contributed by atoms with Crippen molar-refractivity contribution in [2.45, 2.75) is 31.4 Å². The zero-order chi connectivity index (χ0) is 15.3. The van der Waals surface area contributed by atoms with Gasteiger partial charge in [-0.15, -0.1) is 0 Å². The molecule has 116 valence electrons. The van der Waals surface area contributed by atoms with Crippen molar-refractivity contribution in [3.05, 3.63) is 23.9 Å². The van der Waals surface area contributed by atoms with Gasteiger partial charge in [-0.05, 0) is 25.5 Å². The van der Waals surface area contributed by atoms with Gasteiger partial charge in [0.1, 0.15) is 0 Å². The molecule has 1 unspecified atom stereocenters. The minimum Gasteiger partial charge on any atom is -0.481 e. The Labute approximate surface area is 125 Å². The lowest BCUT2D eigenvalue weighted by Gasteiger charge is -2.38. The standard InChI is InChI=1S/C15H23N3O3/c1-16-13(19)9-15(20)7-4-8-18(11-15)10-12-5-3-6-14(17-12)21-2/h3,5-6,20H,4,7-11H2,1-2H3,(H,16,19). The normalized spacial score (nSPS) is 22.8. The van der Waals surface area contributed by atoms with E-state index in [1.165, 1.54) is 0 Å². The summed E-state index contributed by atoms with van der Waals surface area (Å²) in [6.07, 6.45) is 1.67. The zero-order valence-corrected chi connectivity index (χ0v) is 12.6. The van der Waals surface area contributed by atoms with E-state index >= 15 is 0 Å². The van der Waals surface area contributed by atoms with Crippen LogP contribution in [0.25, 0.3) is 0 Å². The second-order valence-electron chi connectivity index (χ2n) is 5.56. The topological polar surface area (TPSA) is 74.7 Å². The van der Waals surface area contributed by atoms with E-state index in [0.29, 0.717) is 25.4 Å². The van der Waals surface area contributed by atoms with Gasteiger partial charge < -0.3 is 15.2 Å². The van der Waals surface area contributed by atoms with Crippen molar-refractivity contribution >= 4 is 5.91 Å². The largest absolute Gasteiger partial charge is 0.481 e. The number of hydrogen-bond donors (Lipinski definition) is 2. The molecule has 0 aromatic carbocycles. The fourth-order valence-corrected chi connectivity index (χ4v) is 2.76. The van der Waals surface area contributed by atoms with Gasteiger partial charge >= 0.3 is 0 Å². The molecule has 1 aromatic heterocycles. The molecule has 21 heavy (non-hydrogen) atoms. The Morgan fingerprint density at radius 1 is 1.57 bits per heavy atom. The molecule has 0 aliphatic carbocycles. The average Bonchev–Trinajstić information content (AvgIpc) is 2.47. The third kappa shape index (κ3) is 4.41. The average molecular weight is 293 g/mol. The van der Waals surface area contributed by atoms with Gasteiger partial charge in [-0.1, -0.05) is 6.07 Å². The van der Waals surface area contributed by atoms with E-state index in [9.17, 15) is 9.90 Å². The second-order valence-corrected chi connectivity index (χ2v) is 5.56. The summed E-state index contributed by atoms with van der Waals surface area (Å²) in [6, 6.07) is 5.65. The summed E-state index contributed by atoms with van der Waals surface area (Å²) < 4.78 is 5.12. The van der Waals surface area contributed by atoms with Crippen molar-refractivity contribution in [2.24, 2.45) is 0 Å². The molecule has 0 saturated carbocycles. The summed E-state index contributed by atoms with van der Waals surface area (Å²) in [4.78, 5) is 18.0. The van der Waals surface area contributed by atoms with Crippen molar-refractivity contribution in [2.75, 3.05) is 27.2 Å². The molecule has 2 rings (SSSR count). The van der Waals surface area contributed by atoms with Gasteiger partial charge in [0.2, 0.25) is 11.8 Å². The number of amides is 1. The van der Waals surface area contributed by atoms with Crippen LogP contribution in [0.2, 0.25) is 0 Å². The quantitative estimate of drug-likeness (QED) is 0.829. The SMILES string of the molecule is CNC(=O)CC1(O)CCCN(Cc2cccc(OC)n2)C1. The Hall–Kier alpha value is -1.66. The number of nitrogens with one attached hydrogen (secondary N) is 1. The van der Waals surface area contributed by atoms with Crippen LogP contribution in [-0.2, 0) is 11.3 Å². The molecule has 0 spiro atoms. The summed E-state index contributed by atoms with van der Waals surface area (Å²) in [5.74, 6) is 0.462. The van der Waals surface area contributed by atoms with Gasteiger partial charge in [0.25, 0.3) is 0 Å². The zero-order valence-electron chi connectivity index (χ0n) is 12.6. The van der Waals surface area contributed by atoms with Crippen LogP contribution in [0.3, 0.4) is 0 Å². The maximum absolute atomic E-state index is 11.5. The van der Waals surface area contributed by atoms with Crippen LogP contribution in [0, 0.1) is 0 Å². The molecular weight excluding hydrogens is 270 g/mol. The Bertz CT molecular complexity index is 495. The Morgan fingerprint density at radius 2 is 2.38 bits per heavy atom. The smallest absolute Gasteiger partial charge is 0.222 e. The van der Waals surface area contributed by atoms with E-state index in [1.54, 1.807) is 14.2 Å². The van der Waals surface area contributed by atoms with Crippen LogP contribution < -0.4 is 10.1 Å². The molecule has 1 aliphatic heterocycles. The number of piperidine rings is 1. The van der Waals surface area contributed by atoms with Crippen LogP contribution in [0.15, 0.2) is 18.2 Å². The maximum Gasteiger partial charge on any atom is 0.222 e. The summed E-state index contributed by atoms with van der Waals surface area (Å²) in [7, 11) is 3.18. The van der Waals surface area contributed by atoms with Crippen LogP contribution >= 0.6 is 0 Å². The number of carbonyl (C=O) groups excluding carboxylic acids is 1. The first-order valence-electron chi connectivity index (χ1n) is 7.20. The van der Waals surface area contributed by atoms with Gasteiger partial charge in [-0.2, -0.15) is 0 Å². The fraction of sp³-hybridized carbons (Fsp3) is 0.600. The van der Waals surface area contributed by atoms with Gasteiger partial charge in [0.05, 0.1) is 24.8 Å². The lowest BCUT2D eigenvalue weighted by molar-refractivity contribution is -0.128. The van der Waals surface area contributed by atoms with Crippen molar-refractivity contribution in [1.82, 2.24) is 15.2 Å².